The number of aromatic nitrogens is 4. The maximum Gasteiger partial charge on any atom is 0.254 e. The molecule has 222 valence electrons. The molecule has 4 heterocycles. The number of nitrogens with zero attached hydrogens (tertiary/aromatic N) is 6. The number of benzene rings is 2. The van der Waals surface area contributed by atoms with Gasteiger partial charge in [-0.1, -0.05) is 48.5 Å². The SMILES string of the molecule is CN(C)C/C=C/C(=O)Nc1cccc(C(=O)N2CCC(Nc3nccc(-c4c(-c5ccccc5)nn5ccccc45)n3)C2)c1. The molecule has 2 N–H and O–H groups in total. The quantitative estimate of drug-likeness (QED) is 0.238. The molecule has 44 heavy (non-hydrogen) atoms. The van der Waals surface area contributed by atoms with Gasteiger partial charge in [0, 0.05) is 61.0 Å². The molecule has 5 aromatic rings. The summed E-state index contributed by atoms with van der Waals surface area (Å²) in [6.45, 7) is 1.79. The minimum atomic E-state index is -0.232. The van der Waals surface area contributed by atoms with Crippen LogP contribution >= 0.6 is 0 Å². The van der Waals surface area contributed by atoms with Crippen molar-refractivity contribution in [2.24, 2.45) is 0 Å². The molecule has 2 amide bonds. The van der Waals surface area contributed by atoms with E-state index in [-0.39, 0.29) is 17.9 Å². The molecule has 0 radical (unpaired) electrons. The number of amides is 2. The summed E-state index contributed by atoms with van der Waals surface area (Å²) in [7, 11) is 3.87. The molecule has 1 fully saturated rings. The molecule has 0 saturated carbocycles. The predicted octanol–water partition coefficient (Wildman–Crippen LogP) is 4.84. The second-order valence-corrected chi connectivity index (χ2v) is 11.0. The zero-order valence-electron chi connectivity index (χ0n) is 24.7. The van der Waals surface area contributed by atoms with Gasteiger partial charge in [0.25, 0.3) is 5.91 Å². The number of anilines is 2. The lowest BCUT2D eigenvalue weighted by Crippen LogP contribution is -2.32. The van der Waals surface area contributed by atoms with Crippen molar-refractivity contribution in [1.29, 1.82) is 0 Å². The first-order valence-corrected chi connectivity index (χ1v) is 14.6. The number of hydrogen-bond acceptors (Lipinski definition) is 7. The van der Waals surface area contributed by atoms with Crippen LogP contribution in [-0.2, 0) is 4.79 Å². The molecular formula is C34H34N8O2. The monoisotopic (exact) mass is 586 g/mol. The third-order valence-electron chi connectivity index (χ3n) is 7.42. The highest BCUT2D eigenvalue weighted by atomic mass is 16.2. The first-order valence-electron chi connectivity index (χ1n) is 14.6. The summed E-state index contributed by atoms with van der Waals surface area (Å²) in [5.74, 6) is 0.189. The molecule has 1 aliphatic heterocycles. The van der Waals surface area contributed by atoms with Gasteiger partial charge in [-0.25, -0.2) is 14.5 Å². The fraction of sp³-hybridized carbons (Fsp3) is 0.206. The summed E-state index contributed by atoms with van der Waals surface area (Å²) in [5, 5.41) is 11.1. The Labute approximate surface area is 256 Å². The van der Waals surface area contributed by atoms with Crippen molar-refractivity contribution in [1.82, 2.24) is 29.4 Å². The van der Waals surface area contributed by atoms with Gasteiger partial charge >= 0.3 is 0 Å². The summed E-state index contributed by atoms with van der Waals surface area (Å²) in [6, 6.07) is 25.0. The molecule has 1 saturated heterocycles. The zero-order valence-corrected chi connectivity index (χ0v) is 24.7. The van der Waals surface area contributed by atoms with E-state index in [1.54, 1.807) is 36.5 Å². The van der Waals surface area contributed by atoms with Crippen LogP contribution in [0.4, 0.5) is 11.6 Å². The van der Waals surface area contributed by atoms with Crippen molar-refractivity contribution in [2.45, 2.75) is 12.5 Å². The predicted molar refractivity (Wildman–Crippen MR) is 172 cm³/mol. The Morgan fingerprint density at radius 3 is 2.70 bits per heavy atom. The van der Waals surface area contributed by atoms with Crippen LogP contribution in [0, 0.1) is 0 Å². The summed E-state index contributed by atoms with van der Waals surface area (Å²) in [4.78, 5) is 38.8. The lowest BCUT2D eigenvalue weighted by Gasteiger charge is -2.18. The Balaban J connectivity index is 1.15. The molecule has 1 atom stereocenters. The van der Waals surface area contributed by atoms with E-state index in [0.717, 1.165) is 34.5 Å². The normalized spacial score (nSPS) is 14.9. The van der Waals surface area contributed by atoms with Crippen LogP contribution in [0.5, 0.6) is 0 Å². The number of pyridine rings is 1. The zero-order chi connectivity index (χ0) is 30.5. The largest absolute Gasteiger partial charge is 0.350 e. The van der Waals surface area contributed by atoms with Crippen LogP contribution in [0.15, 0.2) is 103 Å². The Morgan fingerprint density at radius 2 is 1.86 bits per heavy atom. The van der Waals surface area contributed by atoms with E-state index in [9.17, 15) is 9.59 Å². The van der Waals surface area contributed by atoms with Crippen molar-refractivity contribution < 1.29 is 9.59 Å². The van der Waals surface area contributed by atoms with Crippen LogP contribution < -0.4 is 10.6 Å². The Morgan fingerprint density at radius 1 is 1.02 bits per heavy atom. The fourth-order valence-electron chi connectivity index (χ4n) is 5.33. The Kier molecular flexibility index (Phi) is 8.42. The van der Waals surface area contributed by atoms with Crippen molar-refractivity contribution in [3.8, 4) is 22.5 Å². The van der Waals surface area contributed by atoms with Gasteiger partial charge in [0.1, 0.15) is 5.69 Å². The number of fused-ring (bicyclic) bond motifs is 1. The average molecular weight is 587 g/mol. The van der Waals surface area contributed by atoms with Gasteiger partial charge in [-0.2, -0.15) is 5.10 Å². The average Bonchev–Trinajstić information content (AvgIpc) is 3.66. The van der Waals surface area contributed by atoms with Gasteiger partial charge in [-0.15, -0.1) is 0 Å². The number of likely N-dealkylation sites (N-methyl/N-ethyl adjacent to an activating group) is 1. The maximum atomic E-state index is 13.4. The Bertz CT molecular complexity index is 1810. The van der Waals surface area contributed by atoms with Crippen molar-refractivity contribution in [2.75, 3.05) is 44.4 Å². The van der Waals surface area contributed by atoms with E-state index in [4.69, 9.17) is 10.1 Å². The van der Waals surface area contributed by atoms with Gasteiger partial charge < -0.3 is 20.4 Å². The number of rotatable bonds is 9. The van der Waals surface area contributed by atoms with Crippen LogP contribution in [-0.4, -0.2) is 81.0 Å². The summed E-state index contributed by atoms with van der Waals surface area (Å²) >= 11 is 0. The highest BCUT2D eigenvalue weighted by molar-refractivity contribution is 6.01. The lowest BCUT2D eigenvalue weighted by molar-refractivity contribution is -0.111. The van der Waals surface area contributed by atoms with E-state index in [1.165, 1.54) is 6.08 Å². The highest BCUT2D eigenvalue weighted by Gasteiger charge is 2.28. The van der Waals surface area contributed by atoms with Crippen LogP contribution in [0.3, 0.4) is 0 Å². The van der Waals surface area contributed by atoms with E-state index in [1.807, 2.05) is 89.2 Å². The lowest BCUT2D eigenvalue weighted by atomic mass is 10.0. The molecule has 1 aliphatic rings. The molecule has 10 nitrogen and oxygen atoms in total. The number of likely N-dealkylation sites (tertiary alicyclic amines) is 1. The molecule has 1 unspecified atom stereocenters. The standard InChI is InChI=1S/C34H34N8O2/c1-40(2)19-9-15-30(43)36-26-13-8-12-25(22-26)33(44)41-21-17-27(23-41)37-34-35-18-16-28(38-34)31-29-14-6-7-20-42(29)39-32(31)24-10-4-3-5-11-24/h3-16,18,20,22,27H,17,19,21,23H2,1-2H3,(H,36,43)(H,35,37,38)/b15-9+. The van der Waals surface area contributed by atoms with Gasteiger partial charge in [0.05, 0.1) is 16.8 Å². The molecule has 6 rings (SSSR count). The maximum absolute atomic E-state index is 13.4. The number of carbonyl (C=O) groups is 2. The molecular weight excluding hydrogens is 552 g/mol. The van der Waals surface area contributed by atoms with Crippen LogP contribution in [0.1, 0.15) is 16.8 Å². The minimum absolute atomic E-state index is 0.00332. The topological polar surface area (TPSA) is 108 Å². The fourth-order valence-corrected chi connectivity index (χ4v) is 5.33. The molecule has 2 aromatic carbocycles. The van der Waals surface area contributed by atoms with Crippen LogP contribution in [0.2, 0.25) is 0 Å². The summed E-state index contributed by atoms with van der Waals surface area (Å²) < 4.78 is 1.87. The number of hydrogen-bond donors (Lipinski definition) is 2. The molecule has 3 aromatic heterocycles. The molecule has 0 spiro atoms. The van der Waals surface area contributed by atoms with E-state index in [2.05, 4.69) is 15.6 Å². The van der Waals surface area contributed by atoms with Crippen molar-refractivity contribution in [3.05, 3.63) is 109 Å². The van der Waals surface area contributed by atoms with Crippen molar-refractivity contribution >= 4 is 29.0 Å². The van der Waals surface area contributed by atoms with Gasteiger partial charge in [-0.05, 0) is 56.9 Å². The van der Waals surface area contributed by atoms with Gasteiger partial charge in [-0.3, -0.25) is 9.59 Å². The second kappa shape index (κ2) is 12.9. The van der Waals surface area contributed by atoms with E-state index in [0.29, 0.717) is 36.8 Å². The van der Waals surface area contributed by atoms with Crippen molar-refractivity contribution in [3.63, 3.8) is 0 Å². The minimum Gasteiger partial charge on any atom is -0.350 e. The second-order valence-electron chi connectivity index (χ2n) is 11.0. The smallest absolute Gasteiger partial charge is 0.254 e. The molecule has 10 heteroatoms. The summed E-state index contributed by atoms with van der Waals surface area (Å²) in [6.07, 6.45) is 7.74. The van der Waals surface area contributed by atoms with Crippen LogP contribution in [0.25, 0.3) is 28.0 Å². The summed E-state index contributed by atoms with van der Waals surface area (Å²) in [5.41, 5.74) is 5.62. The molecule has 0 aliphatic carbocycles. The third kappa shape index (κ3) is 6.50. The molecule has 0 bridgehead atoms. The first kappa shape index (κ1) is 28.8. The van der Waals surface area contributed by atoms with E-state index < -0.39 is 0 Å². The third-order valence-corrected chi connectivity index (χ3v) is 7.42. The first-order chi connectivity index (χ1) is 21.4. The number of carbonyl (C=O) groups excluding carboxylic acids is 2. The van der Waals surface area contributed by atoms with Gasteiger partial charge in [0.2, 0.25) is 11.9 Å². The highest BCUT2D eigenvalue weighted by Crippen LogP contribution is 2.34. The van der Waals surface area contributed by atoms with Gasteiger partial charge in [0.15, 0.2) is 0 Å². The number of nitrogens with one attached hydrogen (secondary N) is 2. The van der Waals surface area contributed by atoms with E-state index >= 15 is 0 Å². The Hall–Kier alpha value is -5.35.